The molecular formula is C62H100N4O15. The van der Waals surface area contributed by atoms with Crippen molar-refractivity contribution < 1.29 is 71.3 Å². The van der Waals surface area contributed by atoms with E-state index in [0.717, 1.165) is 140 Å². The minimum absolute atomic E-state index is 0.0847. The van der Waals surface area contributed by atoms with Crippen LogP contribution in [0.5, 0.6) is 0 Å². The van der Waals surface area contributed by atoms with Crippen LogP contribution in [0, 0.1) is 10.8 Å². The first-order valence-electron chi connectivity index (χ1n) is 29.1. The summed E-state index contributed by atoms with van der Waals surface area (Å²) in [5.41, 5.74) is 0.0297. The molecule has 0 aliphatic carbocycles. The van der Waals surface area contributed by atoms with Crippen molar-refractivity contribution in [3.63, 3.8) is 0 Å². The Hall–Kier alpha value is -4.64. The van der Waals surface area contributed by atoms with Crippen LogP contribution in [-0.4, -0.2) is 235 Å². The van der Waals surface area contributed by atoms with Crippen LogP contribution in [0.2, 0.25) is 0 Å². The van der Waals surface area contributed by atoms with E-state index in [1.165, 1.54) is 0 Å². The Labute approximate surface area is 484 Å². The van der Waals surface area contributed by atoms with Gasteiger partial charge >= 0.3 is 17.9 Å². The van der Waals surface area contributed by atoms with Crippen LogP contribution < -0.4 is 4.90 Å². The maximum absolute atomic E-state index is 14.1. The quantitative estimate of drug-likeness (QED) is 0.0166. The summed E-state index contributed by atoms with van der Waals surface area (Å²) in [5.74, 6) is -1.39. The lowest BCUT2D eigenvalue weighted by Gasteiger charge is -2.43. The molecule has 19 nitrogen and oxygen atoms in total. The Morgan fingerprint density at radius 2 is 0.815 bits per heavy atom. The highest BCUT2D eigenvalue weighted by Gasteiger charge is 2.38. The van der Waals surface area contributed by atoms with Gasteiger partial charge in [-0.3, -0.25) is 14.6 Å². The van der Waals surface area contributed by atoms with E-state index in [9.17, 15) is 19.2 Å². The predicted octanol–water partition coefficient (Wildman–Crippen LogP) is 6.80. The summed E-state index contributed by atoms with van der Waals surface area (Å²) in [7, 11) is 0. The van der Waals surface area contributed by atoms with Gasteiger partial charge in [0.1, 0.15) is 19.8 Å². The van der Waals surface area contributed by atoms with Gasteiger partial charge in [-0.15, -0.1) is 13.2 Å². The second-order valence-electron chi connectivity index (χ2n) is 21.2. The Bertz CT molecular complexity index is 1910. The molecule has 0 saturated carbocycles. The number of carbonyl (C=O) groups excluding carboxylic acids is 4. The third kappa shape index (κ3) is 29.0. The number of unbranched alkanes of at least 4 members (excludes halogenated alkanes) is 2. The molecule has 3 rings (SSSR count). The van der Waals surface area contributed by atoms with Gasteiger partial charge < -0.3 is 61.9 Å². The lowest BCUT2D eigenvalue weighted by atomic mass is 9.90. The van der Waals surface area contributed by atoms with E-state index in [0.29, 0.717) is 72.7 Å². The summed E-state index contributed by atoms with van der Waals surface area (Å²) in [4.78, 5) is 58.3. The first kappa shape index (κ1) is 70.6. The molecule has 2 heterocycles. The van der Waals surface area contributed by atoms with E-state index >= 15 is 0 Å². The lowest BCUT2D eigenvalue weighted by molar-refractivity contribution is -0.143. The molecule has 0 atom stereocenters. The molecule has 0 aromatic heterocycles. The highest BCUT2D eigenvalue weighted by Crippen LogP contribution is 2.27. The molecule has 19 heteroatoms. The second kappa shape index (κ2) is 42.2. The number of ketones is 1. The molecule has 81 heavy (non-hydrogen) atoms. The number of Topliss-reactive ketones (excluding diaryl/α,β-unsaturated/α-hetero) is 1. The lowest BCUT2D eigenvalue weighted by Crippen LogP contribution is -2.57. The smallest absolute Gasteiger partial charge is 0.330 e. The highest BCUT2D eigenvalue weighted by atomic mass is 16.6. The average molecular weight is 1140 g/mol. The third-order valence-electron chi connectivity index (χ3n) is 14.1. The second-order valence-corrected chi connectivity index (χ2v) is 21.2. The Morgan fingerprint density at radius 1 is 0.457 bits per heavy atom. The van der Waals surface area contributed by atoms with Crippen molar-refractivity contribution in [3.05, 3.63) is 93.1 Å². The normalized spacial score (nSPS) is 14.8. The van der Waals surface area contributed by atoms with Gasteiger partial charge in [0, 0.05) is 102 Å². The molecule has 2 aliphatic rings. The van der Waals surface area contributed by atoms with Gasteiger partial charge in [0.2, 0.25) is 0 Å². The van der Waals surface area contributed by atoms with Gasteiger partial charge in [-0.1, -0.05) is 38.8 Å². The predicted molar refractivity (Wildman–Crippen MR) is 315 cm³/mol. The number of piperazine rings is 2. The van der Waals surface area contributed by atoms with Crippen molar-refractivity contribution in [2.24, 2.45) is 10.8 Å². The molecule has 0 radical (unpaired) electrons. The van der Waals surface area contributed by atoms with Crippen LogP contribution in [0.1, 0.15) is 76.1 Å². The van der Waals surface area contributed by atoms with Crippen LogP contribution in [0.3, 0.4) is 0 Å². The van der Waals surface area contributed by atoms with Gasteiger partial charge in [-0.25, -0.2) is 14.4 Å². The van der Waals surface area contributed by atoms with Gasteiger partial charge in [0.05, 0.1) is 102 Å². The van der Waals surface area contributed by atoms with E-state index in [1.807, 2.05) is 45.1 Å². The van der Waals surface area contributed by atoms with E-state index in [1.54, 1.807) is 0 Å². The van der Waals surface area contributed by atoms with E-state index in [4.69, 9.17) is 52.1 Å². The largest absolute Gasteiger partial charge is 0.460 e. The maximum Gasteiger partial charge on any atom is 0.330 e. The van der Waals surface area contributed by atoms with E-state index in [-0.39, 0.29) is 58.6 Å². The number of hydrogen-bond acceptors (Lipinski definition) is 19. The van der Waals surface area contributed by atoms with Crippen LogP contribution in [0.4, 0.5) is 5.69 Å². The van der Waals surface area contributed by atoms with Crippen molar-refractivity contribution >= 4 is 29.4 Å². The fourth-order valence-electron chi connectivity index (χ4n) is 9.23. The fraction of sp³-hybridized carbons (Fsp3) is 0.677. The van der Waals surface area contributed by atoms with Crippen molar-refractivity contribution in [3.8, 4) is 0 Å². The first-order chi connectivity index (χ1) is 39.3. The molecule has 458 valence electrons. The van der Waals surface area contributed by atoms with Crippen molar-refractivity contribution in [2.75, 3.05) is 196 Å². The molecule has 0 N–H and O–H groups in total. The summed E-state index contributed by atoms with van der Waals surface area (Å²) in [6.07, 6.45) is 13.1. The Kier molecular flexibility index (Phi) is 36.8. The van der Waals surface area contributed by atoms with Gasteiger partial charge in [0.25, 0.3) is 0 Å². The fourth-order valence-corrected chi connectivity index (χ4v) is 9.23. The molecule has 2 saturated heterocycles. The number of hydrogen-bond donors (Lipinski definition) is 0. The Balaban J connectivity index is 1.40. The summed E-state index contributed by atoms with van der Waals surface area (Å²) in [6, 6.07) is 8.16. The van der Waals surface area contributed by atoms with Crippen LogP contribution >= 0.6 is 0 Å². The minimum atomic E-state index is -0.646. The SMILES string of the molecule is C=CCCOCC(COCCC=C)(COCCCCN1CCN(c2ccc(C(=O)C(C)(C)N3CCN(CCCCOCC(COCCC)(COCCOC(=O)C=C)COCCOC(=O)C=C)CC3)cc2)CC1)COCCOC(=O)C=C. The standard InChI is InChI=1S/C62H100N4O15/c1-9-15-36-72-47-62(48-73-37-16-10-2,53-78-42-45-81-58(69)14-6)50-75-38-19-17-25-63-27-31-65(32-28-63)55-23-21-54(22-24-55)59(70)60(7,8)66-33-29-64(30-34-66)26-18-20-39-74-49-61(46-71-35-11-3,51-76-40-43-79-56(67)12-4)52-77-41-44-80-57(68)13-5/h9-10,12-14,21-24H,1-2,4-6,11,15-20,25-53H2,3,7-8H3. The number of rotatable bonds is 50. The zero-order valence-corrected chi connectivity index (χ0v) is 49.6. The number of nitrogens with zero attached hydrogens (tertiary/aromatic N) is 4. The molecule has 0 spiro atoms. The monoisotopic (exact) mass is 1140 g/mol. The molecule has 2 fully saturated rings. The zero-order chi connectivity index (χ0) is 58.9. The molecule has 0 amide bonds. The number of carbonyl (C=O) groups is 4. The van der Waals surface area contributed by atoms with Crippen LogP contribution in [0.15, 0.2) is 87.5 Å². The number of anilines is 1. The van der Waals surface area contributed by atoms with Crippen molar-refractivity contribution in [1.29, 1.82) is 0 Å². The Morgan fingerprint density at radius 3 is 1.19 bits per heavy atom. The minimum Gasteiger partial charge on any atom is -0.460 e. The highest BCUT2D eigenvalue weighted by molar-refractivity contribution is 6.03. The molecule has 2 aliphatic heterocycles. The molecule has 0 unspecified atom stereocenters. The van der Waals surface area contributed by atoms with Gasteiger partial charge in [0.15, 0.2) is 5.78 Å². The van der Waals surface area contributed by atoms with Crippen LogP contribution in [-0.2, 0) is 66.5 Å². The van der Waals surface area contributed by atoms with Gasteiger partial charge in [-0.2, -0.15) is 0 Å². The number of esters is 3. The summed E-state index contributed by atoms with van der Waals surface area (Å²) in [5, 5.41) is 0. The summed E-state index contributed by atoms with van der Waals surface area (Å²) in [6.45, 7) is 39.4. The number of ether oxygens (including phenoxy) is 11. The van der Waals surface area contributed by atoms with Gasteiger partial charge in [-0.05, 0) is 96.1 Å². The summed E-state index contributed by atoms with van der Waals surface area (Å²) < 4.78 is 63.7. The zero-order valence-electron chi connectivity index (χ0n) is 49.6. The van der Waals surface area contributed by atoms with E-state index in [2.05, 4.69) is 64.6 Å². The molecule has 1 aromatic rings. The number of benzene rings is 1. The molecular weight excluding hydrogens is 1040 g/mol. The van der Waals surface area contributed by atoms with Crippen molar-refractivity contribution in [2.45, 2.75) is 71.3 Å². The third-order valence-corrected chi connectivity index (χ3v) is 14.1. The van der Waals surface area contributed by atoms with Crippen molar-refractivity contribution in [1.82, 2.24) is 14.7 Å². The first-order valence-corrected chi connectivity index (χ1v) is 29.1. The van der Waals surface area contributed by atoms with Crippen LogP contribution in [0.25, 0.3) is 0 Å². The average Bonchev–Trinajstić information content (AvgIpc) is 3.51. The maximum atomic E-state index is 14.1. The molecule has 1 aromatic carbocycles. The molecule has 0 bridgehead atoms. The topological polar surface area (TPSA) is 183 Å². The summed E-state index contributed by atoms with van der Waals surface area (Å²) >= 11 is 0. The van der Waals surface area contributed by atoms with E-state index < -0.39 is 34.3 Å².